The van der Waals surface area contributed by atoms with Crippen molar-refractivity contribution < 1.29 is 19.1 Å². The van der Waals surface area contributed by atoms with Crippen LogP contribution in [0, 0.1) is 0 Å². The average molecular weight is 324 g/mol. The predicted molar refractivity (Wildman–Crippen MR) is 89.9 cm³/mol. The molecule has 1 aliphatic rings. The number of carbonyl (C=O) groups excluding carboxylic acids is 2. The van der Waals surface area contributed by atoms with Gasteiger partial charge in [0.25, 0.3) is 0 Å². The third kappa shape index (κ3) is 3.82. The molecule has 124 valence electrons. The fourth-order valence-corrected chi connectivity index (χ4v) is 3.04. The Morgan fingerprint density at radius 2 is 1.83 bits per heavy atom. The van der Waals surface area contributed by atoms with Crippen molar-refractivity contribution in [3.63, 3.8) is 0 Å². The maximum absolute atomic E-state index is 12.4. The highest BCUT2D eigenvalue weighted by atomic mass is 16.5. The summed E-state index contributed by atoms with van der Waals surface area (Å²) in [6, 6.07) is 14.6. The number of hydrogen-bond donors (Lipinski definition) is 0. The Balaban J connectivity index is 1.83. The summed E-state index contributed by atoms with van der Waals surface area (Å²) < 4.78 is 10.9. The van der Waals surface area contributed by atoms with Gasteiger partial charge in [-0.1, -0.05) is 24.3 Å². The maximum Gasteiger partial charge on any atom is 0.338 e. The van der Waals surface area contributed by atoms with Crippen LogP contribution in [-0.4, -0.2) is 11.9 Å². The molecule has 0 N–H and O–H groups in total. The molecule has 0 fully saturated rings. The van der Waals surface area contributed by atoms with Crippen LogP contribution in [0.4, 0.5) is 0 Å². The van der Waals surface area contributed by atoms with Crippen LogP contribution in [0.2, 0.25) is 0 Å². The number of esters is 2. The van der Waals surface area contributed by atoms with E-state index in [1.807, 2.05) is 30.3 Å². The molecule has 0 aliphatic heterocycles. The zero-order valence-electron chi connectivity index (χ0n) is 13.7. The Labute approximate surface area is 141 Å². The normalized spacial score (nSPS) is 16.6. The minimum Gasteiger partial charge on any atom is -0.454 e. The van der Waals surface area contributed by atoms with Crippen LogP contribution in [0.15, 0.2) is 48.5 Å². The minimum absolute atomic E-state index is 0.262. The van der Waals surface area contributed by atoms with Gasteiger partial charge in [-0.15, -0.1) is 0 Å². The van der Waals surface area contributed by atoms with Gasteiger partial charge in [0.05, 0.1) is 5.56 Å². The molecule has 0 saturated heterocycles. The number of aryl methyl sites for hydroxylation is 1. The highest BCUT2D eigenvalue weighted by Crippen LogP contribution is 2.34. The van der Waals surface area contributed by atoms with Crippen molar-refractivity contribution in [1.29, 1.82) is 0 Å². The Kier molecular flexibility index (Phi) is 4.94. The summed E-state index contributed by atoms with van der Waals surface area (Å²) >= 11 is 0. The van der Waals surface area contributed by atoms with Crippen LogP contribution in [0.3, 0.4) is 0 Å². The molecule has 0 heterocycles. The molecule has 3 rings (SSSR count). The standard InChI is InChI=1S/C20H20O4/c1-14(21)23-17-11-12-18-16(13-17)9-5-6-10-19(18)24-20(22)15-7-3-2-4-8-15/h2-4,7-8,11-13,19H,5-6,9-10H2,1H3. The van der Waals surface area contributed by atoms with Crippen LogP contribution >= 0.6 is 0 Å². The SMILES string of the molecule is CC(=O)Oc1ccc2c(c1)CCCCC2OC(=O)c1ccccc1. The lowest BCUT2D eigenvalue weighted by Gasteiger charge is -2.19. The van der Waals surface area contributed by atoms with E-state index in [1.165, 1.54) is 6.92 Å². The van der Waals surface area contributed by atoms with E-state index in [0.29, 0.717) is 11.3 Å². The van der Waals surface area contributed by atoms with E-state index in [9.17, 15) is 9.59 Å². The van der Waals surface area contributed by atoms with E-state index in [4.69, 9.17) is 9.47 Å². The topological polar surface area (TPSA) is 52.6 Å². The Morgan fingerprint density at radius 1 is 1.04 bits per heavy atom. The molecule has 4 heteroatoms. The van der Waals surface area contributed by atoms with Crippen molar-refractivity contribution in [3.8, 4) is 5.75 Å². The van der Waals surface area contributed by atoms with Gasteiger partial charge in [0.15, 0.2) is 0 Å². The molecular formula is C20H20O4. The molecule has 4 nitrogen and oxygen atoms in total. The van der Waals surface area contributed by atoms with Crippen LogP contribution in [0.5, 0.6) is 5.75 Å². The van der Waals surface area contributed by atoms with E-state index in [-0.39, 0.29) is 18.0 Å². The van der Waals surface area contributed by atoms with Crippen molar-refractivity contribution in [2.75, 3.05) is 0 Å². The van der Waals surface area contributed by atoms with Gasteiger partial charge in [-0.2, -0.15) is 0 Å². The Hall–Kier alpha value is -2.62. The van der Waals surface area contributed by atoms with E-state index >= 15 is 0 Å². The van der Waals surface area contributed by atoms with Crippen molar-refractivity contribution in [2.45, 2.75) is 38.7 Å². The average Bonchev–Trinajstić information content (AvgIpc) is 2.77. The highest BCUT2D eigenvalue weighted by molar-refractivity contribution is 5.89. The molecule has 0 saturated carbocycles. The predicted octanol–water partition coefficient (Wildman–Crippen LogP) is 4.24. The number of fused-ring (bicyclic) bond motifs is 1. The molecule has 1 atom stereocenters. The summed E-state index contributed by atoms with van der Waals surface area (Å²) in [5.74, 6) is -0.107. The first-order valence-electron chi connectivity index (χ1n) is 8.21. The van der Waals surface area contributed by atoms with Gasteiger partial charge in [-0.25, -0.2) is 4.79 Å². The van der Waals surface area contributed by atoms with Crippen molar-refractivity contribution >= 4 is 11.9 Å². The summed E-state index contributed by atoms with van der Waals surface area (Å²) in [5.41, 5.74) is 2.64. The van der Waals surface area contributed by atoms with E-state index < -0.39 is 0 Å². The van der Waals surface area contributed by atoms with Gasteiger partial charge in [0.2, 0.25) is 0 Å². The van der Waals surface area contributed by atoms with Gasteiger partial charge in [-0.05, 0) is 61.1 Å². The number of carbonyl (C=O) groups is 2. The molecule has 24 heavy (non-hydrogen) atoms. The fourth-order valence-electron chi connectivity index (χ4n) is 3.04. The van der Waals surface area contributed by atoms with Gasteiger partial charge < -0.3 is 9.47 Å². The summed E-state index contributed by atoms with van der Waals surface area (Å²) in [5, 5.41) is 0. The number of ether oxygens (including phenoxy) is 2. The molecule has 0 amide bonds. The van der Waals surface area contributed by atoms with Crippen LogP contribution in [-0.2, 0) is 16.0 Å². The zero-order chi connectivity index (χ0) is 16.9. The van der Waals surface area contributed by atoms with Crippen LogP contribution in [0.1, 0.15) is 53.8 Å². The van der Waals surface area contributed by atoms with Gasteiger partial charge in [0.1, 0.15) is 11.9 Å². The third-order valence-corrected chi connectivity index (χ3v) is 4.14. The first kappa shape index (κ1) is 16.2. The largest absolute Gasteiger partial charge is 0.454 e. The van der Waals surface area contributed by atoms with E-state index in [2.05, 4.69) is 0 Å². The van der Waals surface area contributed by atoms with Crippen LogP contribution < -0.4 is 4.74 Å². The summed E-state index contributed by atoms with van der Waals surface area (Å²) in [7, 11) is 0. The minimum atomic E-state index is -0.337. The van der Waals surface area contributed by atoms with Crippen molar-refractivity contribution in [1.82, 2.24) is 0 Å². The van der Waals surface area contributed by atoms with Crippen molar-refractivity contribution in [2.24, 2.45) is 0 Å². The molecule has 2 aromatic carbocycles. The monoisotopic (exact) mass is 324 g/mol. The molecule has 0 spiro atoms. The van der Waals surface area contributed by atoms with Gasteiger partial charge in [-0.3, -0.25) is 4.79 Å². The lowest BCUT2D eigenvalue weighted by Crippen LogP contribution is -2.12. The highest BCUT2D eigenvalue weighted by Gasteiger charge is 2.23. The van der Waals surface area contributed by atoms with Crippen molar-refractivity contribution in [3.05, 3.63) is 65.2 Å². The van der Waals surface area contributed by atoms with Gasteiger partial charge >= 0.3 is 11.9 Å². The summed E-state index contributed by atoms with van der Waals surface area (Å²) in [6.07, 6.45) is 3.45. The number of hydrogen-bond acceptors (Lipinski definition) is 4. The molecular weight excluding hydrogens is 304 g/mol. The molecule has 0 aromatic heterocycles. The second-order valence-electron chi connectivity index (χ2n) is 5.96. The van der Waals surface area contributed by atoms with E-state index in [1.54, 1.807) is 18.2 Å². The van der Waals surface area contributed by atoms with Crippen LogP contribution in [0.25, 0.3) is 0 Å². The number of rotatable bonds is 3. The Bertz CT molecular complexity index is 737. The number of benzene rings is 2. The second-order valence-corrected chi connectivity index (χ2v) is 5.96. The first-order chi connectivity index (χ1) is 11.6. The lowest BCUT2D eigenvalue weighted by atomic mass is 10.0. The zero-order valence-corrected chi connectivity index (χ0v) is 13.7. The van der Waals surface area contributed by atoms with E-state index in [0.717, 1.165) is 36.8 Å². The lowest BCUT2D eigenvalue weighted by molar-refractivity contribution is -0.131. The maximum atomic E-state index is 12.4. The second kappa shape index (κ2) is 7.30. The molecule has 1 aliphatic carbocycles. The molecule has 2 aromatic rings. The first-order valence-corrected chi connectivity index (χ1v) is 8.21. The summed E-state index contributed by atoms with van der Waals surface area (Å²) in [6.45, 7) is 1.39. The Morgan fingerprint density at radius 3 is 2.58 bits per heavy atom. The van der Waals surface area contributed by atoms with Gasteiger partial charge in [0, 0.05) is 6.92 Å². The molecule has 1 unspecified atom stereocenters. The smallest absolute Gasteiger partial charge is 0.338 e. The fraction of sp³-hybridized carbons (Fsp3) is 0.300. The molecule has 0 radical (unpaired) electrons. The summed E-state index contributed by atoms with van der Waals surface area (Å²) in [4.78, 5) is 23.5. The quantitative estimate of drug-likeness (QED) is 0.481. The molecule has 0 bridgehead atoms. The third-order valence-electron chi connectivity index (χ3n) is 4.14.